The Bertz CT molecular complexity index is 1110. The maximum atomic E-state index is 11.8. The van der Waals surface area contributed by atoms with Crippen molar-refractivity contribution >= 4 is 29.3 Å². The van der Waals surface area contributed by atoms with Gasteiger partial charge in [0, 0.05) is 58.2 Å². The summed E-state index contributed by atoms with van der Waals surface area (Å²) in [6.45, 7) is 2.47. The van der Waals surface area contributed by atoms with Gasteiger partial charge in [0.15, 0.2) is 0 Å². The second-order valence-corrected chi connectivity index (χ2v) is 10.7. The van der Waals surface area contributed by atoms with Crippen molar-refractivity contribution in [2.75, 3.05) is 51.0 Å². The van der Waals surface area contributed by atoms with Gasteiger partial charge in [0.1, 0.15) is 11.6 Å². The number of carbonyl (C=O) groups excluding carboxylic acids is 1. The van der Waals surface area contributed by atoms with Crippen molar-refractivity contribution in [3.63, 3.8) is 0 Å². The standard InChI is InChI=1S/C27H36ClN7O2/c1-35(2)26(36)31-15-19-6-8-20(9-7-19)33-25-14-21(22(28)16-30-25)23-4-3-5-24(34-23)32-18-27(17-29)10-12-37-13-11-27/h3-5,14,16,19-20H,6-13,15,18H2,1-2H3,(H,30,33)(H,31,36)(H,32,34)/t19-,20-. The zero-order valence-electron chi connectivity index (χ0n) is 21.6. The van der Waals surface area contributed by atoms with Gasteiger partial charge in [-0.1, -0.05) is 17.7 Å². The van der Waals surface area contributed by atoms with Gasteiger partial charge in [0.2, 0.25) is 0 Å². The lowest BCUT2D eigenvalue weighted by molar-refractivity contribution is 0.0455. The van der Waals surface area contributed by atoms with Gasteiger partial charge in [0.05, 0.1) is 22.2 Å². The molecule has 0 unspecified atom stereocenters. The fourth-order valence-corrected chi connectivity index (χ4v) is 5.06. The molecule has 10 heteroatoms. The monoisotopic (exact) mass is 525 g/mol. The van der Waals surface area contributed by atoms with Crippen LogP contribution in [0.5, 0.6) is 0 Å². The molecule has 4 rings (SSSR count). The number of halogens is 1. The summed E-state index contributed by atoms with van der Waals surface area (Å²) in [5, 5.41) is 20.2. The van der Waals surface area contributed by atoms with E-state index in [1.165, 1.54) is 0 Å². The number of nitrogens with one attached hydrogen (secondary N) is 3. The summed E-state index contributed by atoms with van der Waals surface area (Å²) < 4.78 is 5.43. The van der Waals surface area contributed by atoms with E-state index in [0.29, 0.717) is 61.9 Å². The smallest absolute Gasteiger partial charge is 0.316 e. The molecule has 9 nitrogen and oxygen atoms in total. The first-order valence-corrected chi connectivity index (χ1v) is 13.3. The Morgan fingerprint density at radius 2 is 1.97 bits per heavy atom. The fourth-order valence-electron chi connectivity index (χ4n) is 4.86. The Balaban J connectivity index is 1.35. The van der Waals surface area contributed by atoms with Gasteiger partial charge >= 0.3 is 6.03 Å². The number of aromatic nitrogens is 2. The number of hydrogen-bond donors (Lipinski definition) is 3. The van der Waals surface area contributed by atoms with Crippen molar-refractivity contribution in [1.29, 1.82) is 5.26 Å². The van der Waals surface area contributed by atoms with Crippen molar-refractivity contribution in [2.45, 2.75) is 44.6 Å². The first kappa shape index (κ1) is 27.0. The van der Waals surface area contributed by atoms with Crippen LogP contribution in [0, 0.1) is 22.7 Å². The van der Waals surface area contributed by atoms with Crippen molar-refractivity contribution in [2.24, 2.45) is 11.3 Å². The number of nitriles is 1. The van der Waals surface area contributed by atoms with Gasteiger partial charge in [-0.15, -0.1) is 0 Å². The van der Waals surface area contributed by atoms with Crippen LogP contribution in [0.3, 0.4) is 0 Å². The number of urea groups is 1. The van der Waals surface area contributed by atoms with E-state index < -0.39 is 5.41 Å². The van der Waals surface area contributed by atoms with E-state index in [-0.39, 0.29) is 6.03 Å². The van der Waals surface area contributed by atoms with Gasteiger partial charge in [-0.2, -0.15) is 5.26 Å². The predicted octanol–water partition coefficient (Wildman–Crippen LogP) is 4.77. The van der Waals surface area contributed by atoms with Crippen LogP contribution >= 0.6 is 11.6 Å². The minimum absolute atomic E-state index is 0.0424. The van der Waals surface area contributed by atoms with E-state index in [2.05, 4.69) is 27.0 Å². The second kappa shape index (κ2) is 12.4. The van der Waals surface area contributed by atoms with Crippen molar-refractivity contribution in [3.05, 3.63) is 35.5 Å². The third-order valence-corrected chi connectivity index (χ3v) is 7.62. The summed E-state index contributed by atoms with van der Waals surface area (Å²) in [6.07, 6.45) is 7.24. The minimum Gasteiger partial charge on any atom is -0.381 e. The summed E-state index contributed by atoms with van der Waals surface area (Å²) in [5.74, 6) is 1.98. The Labute approximate surface area is 224 Å². The van der Waals surface area contributed by atoms with Gasteiger partial charge in [-0.25, -0.2) is 14.8 Å². The molecule has 0 aromatic carbocycles. The van der Waals surface area contributed by atoms with Crippen molar-refractivity contribution < 1.29 is 9.53 Å². The molecule has 2 amide bonds. The van der Waals surface area contributed by atoms with Gasteiger partial charge in [-0.3, -0.25) is 0 Å². The third-order valence-electron chi connectivity index (χ3n) is 7.32. The van der Waals surface area contributed by atoms with Crippen LogP contribution < -0.4 is 16.0 Å². The highest BCUT2D eigenvalue weighted by Crippen LogP contribution is 2.32. The Morgan fingerprint density at radius 1 is 1.22 bits per heavy atom. The van der Waals surface area contributed by atoms with Crippen LogP contribution in [-0.4, -0.2) is 67.3 Å². The lowest BCUT2D eigenvalue weighted by atomic mass is 9.82. The lowest BCUT2D eigenvalue weighted by Crippen LogP contribution is -2.39. The van der Waals surface area contributed by atoms with E-state index in [1.54, 1.807) is 25.2 Å². The molecule has 1 aliphatic heterocycles. The Hall–Kier alpha value is -3.09. The van der Waals surface area contributed by atoms with E-state index in [4.69, 9.17) is 21.3 Å². The highest BCUT2D eigenvalue weighted by Gasteiger charge is 2.32. The van der Waals surface area contributed by atoms with E-state index in [9.17, 15) is 10.1 Å². The number of rotatable bonds is 8. The van der Waals surface area contributed by atoms with Crippen LogP contribution in [0.1, 0.15) is 38.5 Å². The van der Waals surface area contributed by atoms with Gasteiger partial charge < -0.3 is 25.6 Å². The summed E-state index contributed by atoms with van der Waals surface area (Å²) in [5.41, 5.74) is 1.13. The zero-order chi connectivity index (χ0) is 26.3. The number of nitrogens with zero attached hydrogens (tertiary/aromatic N) is 4. The highest BCUT2D eigenvalue weighted by molar-refractivity contribution is 6.33. The molecule has 1 saturated carbocycles. The summed E-state index contributed by atoms with van der Waals surface area (Å²) in [4.78, 5) is 22.6. The lowest BCUT2D eigenvalue weighted by Gasteiger charge is -2.30. The first-order chi connectivity index (χ1) is 17.9. The number of pyridine rings is 2. The maximum absolute atomic E-state index is 11.8. The predicted molar refractivity (Wildman–Crippen MR) is 146 cm³/mol. The number of ether oxygens (including phenoxy) is 1. The average molecular weight is 526 g/mol. The van der Waals surface area contributed by atoms with Crippen molar-refractivity contribution in [1.82, 2.24) is 20.2 Å². The molecule has 37 heavy (non-hydrogen) atoms. The molecule has 2 aliphatic rings. The molecule has 1 aliphatic carbocycles. The van der Waals surface area contributed by atoms with E-state index in [0.717, 1.165) is 42.8 Å². The molecule has 0 spiro atoms. The molecule has 1 saturated heterocycles. The van der Waals surface area contributed by atoms with E-state index in [1.807, 2.05) is 24.3 Å². The summed E-state index contributed by atoms with van der Waals surface area (Å²) >= 11 is 6.53. The molecule has 0 bridgehead atoms. The topological polar surface area (TPSA) is 115 Å². The molecule has 2 fully saturated rings. The van der Waals surface area contributed by atoms with Crippen LogP contribution in [0.4, 0.5) is 16.4 Å². The molecule has 0 atom stereocenters. The second-order valence-electron chi connectivity index (χ2n) is 10.3. The Morgan fingerprint density at radius 3 is 2.68 bits per heavy atom. The quantitative estimate of drug-likeness (QED) is 0.454. The summed E-state index contributed by atoms with van der Waals surface area (Å²) in [6, 6.07) is 10.5. The van der Waals surface area contributed by atoms with Crippen LogP contribution in [0.15, 0.2) is 30.5 Å². The number of hydrogen-bond acceptors (Lipinski definition) is 7. The van der Waals surface area contributed by atoms with Gasteiger partial charge in [-0.05, 0) is 62.6 Å². The molecule has 2 aromatic rings. The molecule has 3 N–H and O–H groups in total. The highest BCUT2D eigenvalue weighted by atomic mass is 35.5. The zero-order valence-corrected chi connectivity index (χ0v) is 22.4. The largest absolute Gasteiger partial charge is 0.381 e. The number of amides is 2. The molecule has 198 valence electrons. The molecular formula is C27H36ClN7O2. The molecule has 2 aromatic heterocycles. The van der Waals surface area contributed by atoms with E-state index >= 15 is 0 Å². The maximum Gasteiger partial charge on any atom is 0.316 e. The third kappa shape index (κ3) is 7.24. The molecule has 0 radical (unpaired) electrons. The molecule has 3 heterocycles. The average Bonchev–Trinajstić information content (AvgIpc) is 2.93. The summed E-state index contributed by atoms with van der Waals surface area (Å²) in [7, 11) is 3.51. The SMILES string of the molecule is CN(C)C(=O)NC[C@H]1CC[C@H](Nc2cc(-c3cccc(NCC4(C#N)CCOCC4)n3)c(Cl)cn2)CC1. The minimum atomic E-state index is -0.432. The first-order valence-electron chi connectivity index (χ1n) is 12.9. The molecular weight excluding hydrogens is 490 g/mol. The fraction of sp³-hybridized carbons (Fsp3) is 0.556. The van der Waals surface area contributed by atoms with Gasteiger partial charge in [0.25, 0.3) is 0 Å². The Kier molecular flexibility index (Phi) is 9.06. The van der Waals surface area contributed by atoms with Crippen LogP contribution in [0.2, 0.25) is 5.02 Å². The number of anilines is 2. The normalized spacial score (nSPS) is 20.9. The van der Waals surface area contributed by atoms with Crippen LogP contribution in [-0.2, 0) is 4.74 Å². The van der Waals surface area contributed by atoms with Crippen molar-refractivity contribution in [3.8, 4) is 17.3 Å². The number of carbonyl (C=O) groups is 1. The van der Waals surface area contributed by atoms with Crippen LogP contribution in [0.25, 0.3) is 11.3 Å².